The van der Waals surface area contributed by atoms with Gasteiger partial charge in [0.25, 0.3) is 0 Å². The summed E-state index contributed by atoms with van der Waals surface area (Å²) in [5.74, 6) is 0. The minimum atomic E-state index is 0.153. The van der Waals surface area contributed by atoms with E-state index < -0.39 is 0 Å². The van der Waals surface area contributed by atoms with Crippen molar-refractivity contribution in [2.75, 3.05) is 7.05 Å². The van der Waals surface area contributed by atoms with Gasteiger partial charge in [-0.3, -0.25) is 4.68 Å². The normalized spacial score (nSPS) is 13.4. The van der Waals surface area contributed by atoms with Crippen LogP contribution in [0.5, 0.6) is 0 Å². The van der Waals surface area contributed by atoms with Crippen LogP contribution in [-0.2, 0) is 18.9 Å². The minimum Gasteiger partial charge on any atom is -0.313 e. The molecule has 1 aromatic carbocycles. The highest BCUT2D eigenvalue weighted by molar-refractivity contribution is 5.36. The maximum Gasteiger partial charge on any atom is 0.0522 e. The maximum atomic E-state index is 4.26. The molecule has 0 aliphatic heterocycles. The molecule has 2 rings (SSSR count). The summed E-state index contributed by atoms with van der Waals surface area (Å²) in [6, 6.07) is 9.04. The molecule has 1 atom stereocenters. The molecule has 1 unspecified atom stereocenters. The van der Waals surface area contributed by atoms with Crippen molar-refractivity contribution in [3.8, 4) is 0 Å². The number of benzene rings is 1. The third kappa shape index (κ3) is 3.28. The summed E-state index contributed by atoms with van der Waals surface area (Å²) < 4.78 is 1.86. The van der Waals surface area contributed by atoms with Crippen molar-refractivity contribution in [1.82, 2.24) is 15.1 Å². The van der Waals surface area contributed by atoms with Crippen LogP contribution in [0, 0.1) is 0 Å². The monoisotopic (exact) mass is 271 g/mol. The number of rotatable bonds is 4. The summed E-state index contributed by atoms with van der Waals surface area (Å²) in [6.07, 6.45) is 4.99. The third-order valence-electron chi connectivity index (χ3n) is 3.69. The lowest BCUT2D eigenvalue weighted by Gasteiger charge is -2.27. The molecule has 1 N–H and O–H groups in total. The predicted octanol–water partition coefficient (Wildman–Crippen LogP) is 3.22. The lowest BCUT2D eigenvalue weighted by molar-refractivity contribution is 0.539. The molecule has 3 nitrogen and oxygen atoms in total. The Balaban J connectivity index is 2.32. The first-order valence-electron chi connectivity index (χ1n) is 7.16. The van der Waals surface area contributed by atoms with Crippen LogP contribution in [0.1, 0.15) is 43.5 Å². The van der Waals surface area contributed by atoms with E-state index in [1.54, 1.807) is 0 Å². The fourth-order valence-corrected chi connectivity index (χ4v) is 2.66. The van der Waals surface area contributed by atoms with E-state index in [1.165, 1.54) is 16.7 Å². The van der Waals surface area contributed by atoms with Crippen LogP contribution >= 0.6 is 0 Å². The average Bonchev–Trinajstić information content (AvgIpc) is 2.80. The van der Waals surface area contributed by atoms with Crippen molar-refractivity contribution in [3.63, 3.8) is 0 Å². The molecule has 0 amide bonds. The van der Waals surface area contributed by atoms with Crippen molar-refractivity contribution in [2.24, 2.45) is 7.05 Å². The Morgan fingerprint density at radius 1 is 1.25 bits per heavy atom. The Kier molecular flexibility index (Phi) is 4.29. The standard InChI is InChI=1S/C17H25N3/c1-17(2,3)15-9-7-6-8-14(15)16(18-4)10-13-11-19-20(5)12-13/h6-9,11-12,16,18H,10H2,1-5H3. The number of nitrogens with zero attached hydrogens (tertiary/aromatic N) is 2. The fraction of sp³-hybridized carbons (Fsp3) is 0.471. The molecule has 20 heavy (non-hydrogen) atoms. The number of aryl methyl sites for hydroxylation is 1. The Bertz CT molecular complexity index is 564. The molecule has 0 bridgehead atoms. The smallest absolute Gasteiger partial charge is 0.0522 e. The van der Waals surface area contributed by atoms with E-state index in [0.29, 0.717) is 6.04 Å². The van der Waals surface area contributed by atoms with Gasteiger partial charge in [-0.15, -0.1) is 0 Å². The van der Waals surface area contributed by atoms with Gasteiger partial charge in [0.2, 0.25) is 0 Å². The van der Waals surface area contributed by atoms with Gasteiger partial charge < -0.3 is 5.32 Å². The Hall–Kier alpha value is -1.61. The third-order valence-corrected chi connectivity index (χ3v) is 3.69. The predicted molar refractivity (Wildman–Crippen MR) is 83.9 cm³/mol. The molecule has 108 valence electrons. The molecule has 1 aromatic heterocycles. The van der Waals surface area contributed by atoms with Gasteiger partial charge in [0.15, 0.2) is 0 Å². The van der Waals surface area contributed by atoms with Gasteiger partial charge in [-0.2, -0.15) is 5.10 Å². The number of hydrogen-bond donors (Lipinski definition) is 1. The van der Waals surface area contributed by atoms with Crippen molar-refractivity contribution < 1.29 is 0 Å². The summed E-state index contributed by atoms with van der Waals surface area (Å²) in [7, 11) is 3.99. The molecule has 0 radical (unpaired) electrons. The Labute approximate surface area is 122 Å². The first kappa shape index (κ1) is 14.8. The molecule has 3 heteroatoms. The second-order valence-electron chi connectivity index (χ2n) is 6.40. The highest BCUT2D eigenvalue weighted by atomic mass is 15.2. The number of nitrogens with one attached hydrogen (secondary N) is 1. The lowest BCUT2D eigenvalue weighted by Crippen LogP contribution is -2.24. The molecule has 0 saturated carbocycles. The number of aromatic nitrogens is 2. The molecule has 0 saturated heterocycles. The highest BCUT2D eigenvalue weighted by Crippen LogP contribution is 2.30. The largest absolute Gasteiger partial charge is 0.313 e. The first-order chi connectivity index (χ1) is 9.41. The van der Waals surface area contributed by atoms with Gasteiger partial charge in [0.1, 0.15) is 0 Å². The minimum absolute atomic E-state index is 0.153. The average molecular weight is 271 g/mol. The summed E-state index contributed by atoms with van der Waals surface area (Å²) in [6.45, 7) is 6.80. The SMILES string of the molecule is CNC(Cc1cnn(C)c1)c1ccccc1C(C)(C)C. The Morgan fingerprint density at radius 3 is 2.50 bits per heavy atom. The molecular formula is C17H25N3. The molecular weight excluding hydrogens is 246 g/mol. The maximum absolute atomic E-state index is 4.26. The van der Waals surface area contributed by atoms with Gasteiger partial charge in [-0.1, -0.05) is 45.0 Å². The zero-order chi connectivity index (χ0) is 14.8. The van der Waals surface area contributed by atoms with E-state index in [9.17, 15) is 0 Å². The second kappa shape index (κ2) is 5.80. The van der Waals surface area contributed by atoms with Gasteiger partial charge >= 0.3 is 0 Å². The van der Waals surface area contributed by atoms with Crippen molar-refractivity contribution >= 4 is 0 Å². The summed E-state index contributed by atoms with van der Waals surface area (Å²) >= 11 is 0. The van der Waals surface area contributed by atoms with Crippen LogP contribution in [0.15, 0.2) is 36.7 Å². The van der Waals surface area contributed by atoms with E-state index in [-0.39, 0.29) is 5.41 Å². The van der Waals surface area contributed by atoms with E-state index >= 15 is 0 Å². The van der Waals surface area contributed by atoms with E-state index in [2.05, 4.69) is 61.6 Å². The van der Waals surface area contributed by atoms with E-state index in [0.717, 1.165) is 6.42 Å². The second-order valence-corrected chi connectivity index (χ2v) is 6.40. The molecule has 0 spiro atoms. The van der Waals surface area contributed by atoms with Crippen molar-refractivity contribution in [2.45, 2.75) is 38.6 Å². The van der Waals surface area contributed by atoms with Crippen LogP contribution < -0.4 is 5.32 Å². The topological polar surface area (TPSA) is 29.9 Å². The molecule has 2 aromatic rings. The van der Waals surface area contributed by atoms with Crippen molar-refractivity contribution in [3.05, 3.63) is 53.3 Å². The van der Waals surface area contributed by atoms with Crippen molar-refractivity contribution in [1.29, 1.82) is 0 Å². The lowest BCUT2D eigenvalue weighted by atomic mass is 9.81. The number of likely N-dealkylation sites (N-methyl/N-ethyl adjacent to an activating group) is 1. The molecule has 1 heterocycles. The molecule has 0 aliphatic rings. The summed E-state index contributed by atoms with van der Waals surface area (Å²) in [4.78, 5) is 0. The zero-order valence-electron chi connectivity index (χ0n) is 13.1. The molecule has 0 fully saturated rings. The Morgan fingerprint density at radius 2 is 1.95 bits per heavy atom. The van der Waals surface area contributed by atoms with Crippen LogP contribution in [0.25, 0.3) is 0 Å². The number of hydrogen-bond acceptors (Lipinski definition) is 2. The summed E-state index contributed by atoms with van der Waals surface area (Å²) in [5, 5.41) is 7.71. The zero-order valence-corrected chi connectivity index (χ0v) is 13.1. The highest BCUT2D eigenvalue weighted by Gasteiger charge is 2.22. The van der Waals surface area contributed by atoms with Gasteiger partial charge in [-0.25, -0.2) is 0 Å². The molecule has 0 aliphatic carbocycles. The summed E-state index contributed by atoms with van der Waals surface area (Å²) in [5.41, 5.74) is 4.20. The van der Waals surface area contributed by atoms with E-state index in [4.69, 9.17) is 0 Å². The first-order valence-corrected chi connectivity index (χ1v) is 7.16. The van der Waals surface area contributed by atoms with Gasteiger partial charge in [-0.05, 0) is 35.6 Å². The van der Waals surface area contributed by atoms with Gasteiger partial charge in [0.05, 0.1) is 6.20 Å². The van der Waals surface area contributed by atoms with Gasteiger partial charge in [0, 0.05) is 19.3 Å². The van der Waals surface area contributed by atoms with E-state index in [1.807, 2.05) is 25.0 Å². The van der Waals surface area contributed by atoms with Crippen LogP contribution in [0.4, 0.5) is 0 Å². The van der Waals surface area contributed by atoms with Crippen LogP contribution in [-0.4, -0.2) is 16.8 Å². The van der Waals surface area contributed by atoms with Crippen LogP contribution in [0.3, 0.4) is 0 Å². The quantitative estimate of drug-likeness (QED) is 0.925. The fourth-order valence-electron chi connectivity index (χ4n) is 2.66. The van der Waals surface area contributed by atoms with Crippen LogP contribution in [0.2, 0.25) is 0 Å².